The Labute approximate surface area is 83.7 Å². The Morgan fingerprint density at radius 3 is 2.31 bits per heavy atom. The van der Waals surface area contributed by atoms with Gasteiger partial charge in [-0.15, -0.1) is 0 Å². The van der Waals surface area contributed by atoms with Gasteiger partial charge < -0.3 is 0 Å². The minimum Gasteiger partial charge on any atom is -0.287 e. The first kappa shape index (κ1) is 9.86. The quantitative estimate of drug-likeness (QED) is 0.402. The fraction of sp³-hybridized carbons (Fsp3) is 0. The first-order chi connectivity index (χ1) is 6.13. The zero-order valence-corrected chi connectivity index (χ0v) is 7.75. The Morgan fingerprint density at radius 2 is 1.85 bits per heavy atom. The molecule has 13 heavy (non-hydrogen) atoms. The highest BCUT2D eigenvalue weighted by Crippen LogP contribution is 2.19. The van der Waals surface area contributed by atoms with Gasteiger partial charge in [-0.1, -0.05) is 23.2 Å². The highest BCUT2D eigenvalue weighted by Gasteiger charge is 2.04. The summed E-state index contributed by atoms with van der Waals surface area (Å²) in [5.74, 6) is -0.702. The van der Waals surface area contributed by atoms with Crippen LogP contribution in [0.1, 0.15) is 10.4 Å². The molecule has 0 atom stereocenters. The lowest BCUT2D eigenvalue weighted by Gasteiger charge is -1.96. The number of amides is 1. The molecule has 0 radical (unpaired) electrons. The van der Waals surface area contributed by atoms with E-state index < -0.39 is 5.91 Å². The van der Waals surface area contributed by atoms with E-state index >= 15 is 0 Å². The first-order valence-electron chi connectivity index (χ1n) is 3.19. The summed E-state index contributed by atoms with van der Waals surface area (Å²) in [6.07, 6.45) is 0. The SMILES string of the molecule is [N-]=[N+]=NC(=O)c1cc(Cl)cc(Cl)c1. The third kappa shape index (κ3) is 2.63. The number of nitrogens with zero attached hydrogens (tertiary/aromatic N) is 3. The molecule has 0 spiro atoms. The molecule has 1 aromatic carbocycles. The molecule has 0 aliphatic carbocycles. The summed E-state index contributed by atoms with van der Waals surface area (Å²) in [7, 11) is 0. The predicted octanol–water partition coefficient (Wildman–Crippen LogP) is 3.44. The molecule has 1 amide bonds. The van der Waals surface area contributed by atoms with E-state index in [4.69, 9.17) is 28.7 Å². The van der Waals surface area contributed by atoms with Gasteiger partial charge in [-0.25, -0.2) is 0 Å². The van der Waals surface area contributed by atoms with E-state index in [0.29, 0.717) is 10.0 Å². The van der Waals surface area contributed by atoms with Crippen molar-refractivity contribution in [3.05, 3.63) is 44.3 Å². The number of hydrogen-bond donors (Lipinski definition) is 0. The molecule has 0 fully saturated rings. The maximum Gasteiger partial charge on any atom is 0.249 e. The smallest absolute Gasteiger partial charge is 0.249 e. The van der Waals surface area contributed by atoms with Crippen LogP contribution in [0.4, 0.5) is 0 Å². The van der Waals surface area contributed by atoms with Crippen LogP contribution >= 0.6 is 23.2 Å². The second-order valence-corrected chi connectivity index (χ2v) is 3.03. The Kier molecular flexibility index (Phi) is 3.14. The van der Waals surface area contributed by atoms with Crippen LogP contribution in [-0.4, -0.2) is 5.91 Å². The summed E-state index contributed by atoms with van der Waals surface area (Å²) in [4.78, 5) is 13.4. The van der Waals surface area contributed by atoms with Crippen LogP contribution < -0.4 is 0 Å². The fourth-order valence-corrected chi connectivity index (χ4v) is 1.30. The lowest BCUT2D eigenvalue weighted by Crippen LogP contribution is -1.92. The van der Waals surface area contributed by atoms with Gasteiger partial charge in [-0.3, -0.25) is 4.79 Å². The Bertz CT molecular complexity index is 378. The summed E-state index contributed by atoms with van der Waals surface area (Å²) >= 11 is 11.2. The van der Waals surface area contributed by atoms with Crippen molar-refractivity contribution in [2.45, 2.75) is 0 Å². The fourth-order valence-electron chi connectivity index (χ4n) is 0.776. The van der Waals surface area contributed by atoms with E-state index in [2.05, 4.69) is 10.0 Å². The molecule has 0 unspecified atom stereocenters. The number of carbonyl (C=O) groups excluding carboxylic acids is 1. The summed E-state index contributed by atoms with van der Waals surface area (Å²) in [6.45, 7) is 0. The van der Waals surface area contributed by atoms with E-state index in [0.717, 1.165) is 0 Å². The van der Waals surface area contributed by atoms with Gasteiger partial charge in [0.1, 0.15) is 0 Å². The van der Waals surface area contributed by atoms with E-state index in [1.165, 1.54) is 18.2 Å². The lowest BCUT2D eigenvalue weighted by molar-refractivity contribution is 0.100. The second kappa shape index (κ2) is 4.14. The van der Waals surface area contributed by atoms with Crippen LogP contribution in [0.25, 0.3) is 10.4 Å². The second-order valence-electron chi connectivity index (χ2n) is 2.15. The van der Waals surface area contributed by atoms with Crippen LogP contribution in [0.3, 0.4) is 0 Å². The van der Waals surface area contributed by atoms with Gasteiger partial charge in [0.15, 0.2) is 0 Å². The van der Waals surface area contributed by atoms with Gasteiger partial charge >= 0.3 is 0 Å². The Hall–Kier alpha value is -1.22. The molecule has 1 aromatic rings. The van der Waals surface area contributed by atoms with Crippen molar-refractivity contribution in [3.63, 3.8) is 0 Å². The van der Waals surface area contributed by atoms with Crippen molar-refractivity contribution >= 4 is 29.1 Å². The summed E-state index contributed by atoms with van der Waals surface area (Å²) in [5.41, 5.74) is 8.18. The molecule has 0 aromatic heterocycles. The topological polar surface area (TPSA) is 65.8 Å². The van der Waals surface area contributed by atoms with Crippen molar-refractivity contribution in [1.29, 1.82) is 0 Å². The Morgan fingerprint density at radius 1 is 1.31 bits per heavy atom. The zero-order chi connectivity index (χ0) is 9.84. The van der Waals surface area contributed by atoms with Gasteiger partial charge in [-0.2, -0.15) is 0 Å². The van der Waals surface area contributed by atoms with E-state index in [1.54, 1.807) is 0 Å². The van der Waals surface area contributed by atoms with Gasteiger partial charge in [0, 0.05) is 20.5 Å². The molecular weight excluding hydrogens is 213 g/mol. The Balaban J connectivity index is 3.15. The maximum atomic E-state index is 11.0. The largest absolute Gasteiger partial charge is 0.287 e. The normalized spacial score (nSPS) is 9.08. The predicted molar refractivity (Wildman–Crippen MR) is 49.9 cm³/mol. The number of rotatable bonds is 1. The molecule has 6 heteroatoms. The van der Waals surface area contributed by atoms with Crippen LogP contribution in [0.2, 0.25) is 10.0 Å². The van der Waals surface area contributed by atoms with Crippen molar-refractivity contribution < 1.29 is 4.79 Å². The van der Waals surface area contributed by atoms with E-state index in [9.17, 15) is 4.79 Å². The van der Waals surface area contributed by atoms with Gasteiger partial charge in [0.2, 0.25) is 5.91 Å². The van der Waals surface area contributed by atoms with Crippen LogP contribution in [0, 0.1) is 0 Å². The average Bonchev–Trinajstić information content (AvgIpc) is 2.03. The van der Waals surface area contributed by atoms with Crippen LogP contribution in [0.15, 0.2) is 23.3 Å². The van der Waals surface area contributed by atoms with Crippen molar-refractivity contribution in [2.75, 3.05) is 0 Å². The monoisotopic (exact) mass is 215 g/mol. The molecule has 0 heterocycles. The van der Waals surface area contributed by atoms with Crippen molar-refractivity contribution in [3.8, 4) is 0 Å². The van der Waals surface area contributed by atoms with E-state index in [1.807, 2.05) is 0 Å². The van der Waals surface area contributed by atoms with Gasteiger partial charge in [-0.05, 0) is 28.8 Å². The molecular formula is C7H3Cl2N3O. The zero-order valence-electron chi connectivity index (χ0n) is 6.24. The highest BCUT2D eigenvalue weighted by molar-refractivity contribution is 6.35. The summed E-state index contributed by atoms with van der Waals surface area (Å²) in [6, 6.07) is 4.24. The minimum absolute atomic E-state index is 0.176. The molecule has 66 valence electrons. The minimum atomic E-state index is -0.702. The number of hydrogen-bond acceptors (Lipinski definition) is 1. The summed E-state index contributed by atoms with van der Waals surface area (Å²) < 4.78 is 0. The number of azide groups is 1. The number of halogens is 2. The molecule has 4 nitrogen and oxygen atoms in total. The molecule has 0 saturated carbocycles. The lowest BCUT2D eigenvalue weighted by atomic mass is 10.2. The van der Waals surface area contributed by atoms with Crippen LogP contribution in [-0.2, 0) is 0 Å². The van der Waals surface area contributed by atoms with Crippen molar-refractivity contribution in [2.24, 2.45) is 5.11 Å². The molecule has 1 rings (SSSR count). The molecule has 0 bridgehead atoms. The first-order valence-corrected chi connectivity index (χ1v) is 3.94. The molecule has 0 saturated heterocycles. The molecule has 0 aliphatic heterocycles. The molecule has 0 N–H and O–H groups in total. The summed E-state index contributed by atoms with van der Waals surface area (Å²) in [5, 5.41) is 3.55. The van der Waals surface area contributed by atoms with Crippen molar-refractivity contribution in [1.82, 2.24) is 0 Å². The number of benzene rings is 1. The van der Waals surface area contributed by atoms with E-state index in [-0.39, 0.29) is 5.56 Å². The van der Waals surface area contributed by atoms with Crippen LogP contribution in [0.5, 0.6) is 0 Å². The van der Waals surface area contributed by atoms with Gasteiger partial charge in [0.05, 0.1) is 0 Å². The third-order valence-electron chi connectivity index (χ3n) is 1.25. The number of carbonyl (C=O) groups is 1. The third-order valence-corrected chi connectivity index (χ3v) is 1.68. The van der Waals surface area contributed by atoms with Gasteiger partial charge in [0.25, 0.3) is 0 Å². The standard InChI is InChI=1S/C7H3Cl2N3O/c8-5-1-4(2-6(9)3-5)7(13)11-12-10/h1-3H. The molecule has 0 aliphatic rings. The highest BCUT2D eigenvalue weighted by atomic mass is 35.5. The average molecular weight is 216 g/mol. The maximum absolute atomic E-state index is 11.0.